The number of carbonyl (C=O) groups excluding carboxylic acids is 2. The molecule has 1 fully saturated rings. The van der Waals surface area contributed by atoms with E-state index < -0.39 is 17.1 Å². The third kappa shape index (κ3) is 3.63. The minimum Gasteiger partial charge on any atom is -0.444 e. The summed E-state index contributed by atoms with van der Waals surface area (Å²) < 4.78 is 5.33. The van der Waals surface area contributed by atoms with E-state index in [1.165, 1.54) is 4.90 Å². The Morgan fingerprint density at radius 1 is 1.39 bits per heavy atom. The summed E-state index contributed by atoms with van der Waals surface area (Å²) in [6.45, 7) is 5.38. The Hall–Kier alpha value is -2.53. The number of Topliss-reactive ketones (excluding diaryl/α,β-unsaturated/α-hetero) is 1. The van der Waals surface area contributed by atoms with Gasteiger partial charge in [0.15, 0.2) is 5.78 Å². The van der Waals surface area contributed by atoms with Crippen LogP contribution in [0, 0.1) is 0 Å². The topological polar surface area (TPSA) is 95.4 Å². The van der Waals surface area contributed by atoms with Gasteiger partial charge in [0, 0.05) is 18.0 Å². The third-order valence-corrected chi connectivity index (χ3v) is 3.71. The van der Waals surface area contributed by atoms with Gasteiger partial charge in [0.05, 0.1) is 12.0 Å². The highest BCUT2D eigenvalue weighted by Crippen LogP contribution is 2.33. The SMILES string of the molecule is CC(C)(C)OC(=O)N1CC(=O)C(CN=[N+]=[N-])(c2ccccc2)C1. The minimum absolute atomic E-state index is 0.0222. The van der Waals surface area contributed by atoms with E-state index in [-0.39, 0.29) is 25.4 Å². The van der Waals surface area contributed by atoms with Crippen LogP contribution in [0.15, 0.2) is 35.4 Å². The molecule has 1 aliphatic rings. The van der Waals surface area contributed by atoms with Crippen LogP contribution in [0.2, 0.25) is 0 Å². The van der Waals surface area contributed by atoms with Gasteiger partial charge in [0.2, 0.25) is 0 Å². The van der Waals surface area contributed by atoms with E-state index in [1.807, 2.05) is 30.3 Å². The second kappa shape index (κ2) is 6.30. The Labute approximate surface area is 134 Å². The number of azide groups is 1. The molecule has 7 heteroatoms. The third-order valence-electron chi connectivity index (χ3n) is 3.71. The standard InChI is InChI=1S/C16H20N4O3/c1-15(2,3)23-14(22)20-9-13(21)16(11-20,10-18-19-17)12-7-5-4-6-8-12/h4-8H,9-11H2,1-3H3. The summed E-state index contributed by atoms with van der Waals surface area (Å²) in [5.41, 5.74) is 7.74. The highest BCUT2D eigenvalue weighted by Gasteiger charge is 2.49. The van der Waals surface area contributed by atoms with Crippen molar-refractivity contribution < 1.29 is 14.3 Å². The van der Waals surface area contributed by atoms with Crippen molar-refractivity contribution in [3.8, 4) is 0 Å². The van der Waals surface area contributed by atoms with Crippen LogP contribution < -0.4 is 0 Å². The Kier molecular flexibility index (Phi) is 4.61. The molecule has 1 aromatic carbocycles. The molecule has 0 spiro atoms. The maximum Gasteiger partial charge on any atom is 0.410 e. The summed E-state index contributed by atoms with van der Waals surface area (Å²) in [6, 6.07) is 9.09. The molecule has 1 unspecified atom stereocenters. The van der Waals surface area contributed by atoms with Crippen molar-refractivity contribution >= 4 is 11.9 Å². The number of ketones is 1. The second-order valence-corrected chi connectivity index (χ2v) is 6.60. The molecule has 0 saturated carbocycles. The first kappa shape index (κ1) is 16.8. The Morgan fingerprint density at radius 2 is 2.04 bits per heavy atom. The zero-order chi connectivity index (χ0) is 17.1. The fourth-order valence-electron chi connectivity index (χ4n) is 2.64. The highest BCUT2D eigenvalue weighted by atomic mass is 16.6. The van der Waals surface area contributed by atoms with Crippen LogP contribution in [0.1, 0.15) is 26.3 Å². The molecule has 0 bridgehead atoms. The van der Waals surface area contributed by atoms with E-state index >= 15 is 0 Å². The van der Waals surface area contributed by atoms with E-state index in [9.17, 15) is 9.59 Å². The Morgan fingerprint density at radius 3 is 2.61 bits per heavy atom. The number of ether oxygens (including phenoxy) is 1. The van der Waals surface area contributed by atoms with Gasteiger partial charge in [-0.15, -0.1) is 0 Å². The van der Waals surface area contributed by atoms with Crippen molar-refractivity contribution in [3.63, 3.8) is 0 Å². The van der Waals surface area contributed by atoms with Crippen molar-refractivity contribution in [3.05, 3.63) is 46.3 Å². The molecule has 0 aromatic heterocycles. The fraction of sp³-hybridized carbons (Fsp3) is 0.500. The van der Waals surface area contributed by atoms with Crippen LogP contribution in [0.4, 0.5) is 4.79 Å². The minimum atomic E-state index is -1.01. The molecular weight excluding hydrogens is 296 g/mol. The first-order valence-corrected chi connectivity index (χ1v) is 7.36. The van der Waals surface area contributed by atoms with E-state index in [2.05, 4.69) is 10.0 Å². The number of likely N-dealkylation sites (tertiary alicyclic amines) is 1. The van der Waals surface area contributed by atoms with Gasteiger partial charge in [0.25, 0.3) is 0 Å². The lowest BCUT2D eigenvalue weighted by Crippen LogP contribution is -2.40. The van der Waals surface area contributed by atoms with Crippen molar-refractivity contribution in [1.82, 2.24) is 4.90 Å². The average Bonchev–Trinajstić information content (AvgIpc) is 2.83. The number of nitrogens with zero attached hydrogens (tertiary/aromatic N) is 4. The van der Waals surface area contributed by atoms with Gasteiger partial charge < -0.3 is 4.74 Å². The lowest BCUT2D eigenvalue weighted by molar-refractivity contribution is -0.121. The molecule has 7 nitrogen and oxygen atoms in total. The molecule has 0 N–H and O–H groups in total. The van der Waals surface area contributed by atoms with E-state index in [0.717, 1.165) is 5.56 Å². The quantitative estimate of drug-likeness (QED) is 0.487. The molecule has 122 valence electrons. The smallest absolute Gasteiger partial charge is 0.410 e. The zero-order valence-corrected chi connectivity index (χ0v) is 13.5. The molecule has 1 amide bonds. The highest BCUT2D eigenvalue weighted by molar-refractivity contribution is 5.97. The predicted molar refractivity (Wildman–Crippen MR) is 84.9 cm³/mol. The first-order valence-electron chi connectivity index (χ1n) is 7.36. The maximum atomic E-state index is 12.7. The summed E-state index contributed by atoms with van der Waals surface area (Å²) in [5, 5.41) is 3.60. The number of rotatable bonds is 3. The fourth-order valence-corrected chi connectivity index (χ4v) is 2.64. The molecule has 1 aliphatic heterocycles. The molecule has 1 heterocycles. The van der Waals surface area contributed by atoms with Crippen molar-refractivity contribution in [2.45, 2.75) is 31.8 Å². The van der Waals surface area contributed by atoms with Crippen LogP contribution in [-0.4, -0.2) is 42.0 Å². The normalized spacial score (nSPS) is 21.0. The second-order valence-electron chi connectivity index (χ2n) is 6.60. The number of benzene rings is 1. The van der Waals surface area contributed by atoms with Gasteiger partial charge in [-0.3, -0.25) is 9.69 Å². The molecule has 23 heavy (non-hydrogen) atoms. The van der Waals surface area contributed by atoms with Crippen molar-refractivity contribution in [2.75, 3.05) is 19.6 Å². The Bertz CT molecular complexity index is 647. The van der Waals surface area contributed by atoms with Gasteiger partial charge in [0.1, 0.15) is 5.60 Å². The monoisotopic (exact) mass is 316 g/mol. The van der Waals surface area contributed by atoms with Crippen molar-refractivity contribution in [1.29, 1.82) is 0 Å². The van der Waals surface area contributed by atoms with Crippen LogP contribution >= 0.6 is 0 Å². The number of hydrogen-bond donors (Lipinski definition) is 0. The summed E-state index contributed by atoms with van der Waals surface area (Å²) in [6.07, 6.45) is -0.537. The van der Waals surface area contributed by atoms with Gasteiger partial charge >= 0.3 is 6.09 Å². The van der Waals surface area contributed by atoms with Crippen LogP contribution in [-0.2, 0) is 14.9 Å². The van der Waals surface area contributed by atoms with Crippen LogP contribution in [0.5, 0.6) is 0 Å². The molecule has 1 saturated heterocycles. The lowest BCUT2D eigenvalue weighted by atomic mass is 9.79. The van der Waals surface area contributed by atoms with E-state index in [4.69, 9.17) is 10.3 Å². The van der Waals surface area contributed by atoms with Gasteiger partial charge in [-0.2, -0.15) is 0 Å². The predicted octanol–water partition coefficient (Wildman–Crippen LogP) is 3.05. The molecule has 2 rings (SSSR count). The Balaban J connectivity index is 2.32. The van der Waals surface area contributed by atoms with Crippen LogP contribution in [0.3, 0.4) is 0 Å². The summed E-state index contributed by atoms with van der Waals surface area (Å²) in [4.78, 5) is 29.0. The summed E-state index contributed by atoms with van der Waals surface area (Å²) in [7, 11) is 0. The van der Waals surface area contributed by atoms with E-state index in [1.54, 1.807) is 20.8 Å². The van der Waals surface area contributed by atoms with Gasteiger partial charge in [-0.1, -0.05) is 35.4 Å². The maximum absolute atomic E-state index is 12.7. The summed E-state index contributed by atoms with van der Waals surface area (Å²) >= 11 is 0. The molecule has 0 radical (unpaired) electrons. The number of carbonyl (C=O) groups is 2. The molecule has 1 aromatic rings. The first-order chi connectivity index (χ1) is 10.8. The number of hydrogen-bond acceptors (Lipinski definition) is 4. The molecule has 1 atom stereocenters. The molecular formula is C16H20N4O3. The van der Waals surface area contributed by atoms with Gasteiger partial charge in [-0.05, 0) is 31.9 Å². The van der Waals surface area contributed by atoms with Crippen LogP contribution in [0.25, 0.3) is 10.4 Å². The van der Waals surface area contributed by atoms with Crippen molar-refractivity contribution in [2.24, 2.45) is 5.11 Å². The number of amides is 1. The average molecular weight is 316 g/mol. The molecule has 0 aliphatic carbocycles. The van der Waals surface area contributed by atoms with Gasteiger partial charge in [-0.25, -0.2) is 4.79 Å². The lowest BCUT2D eigenvalue weighted by Gasteiger charge is -2.28. The zero-order valence-electron chi connectivity index (χ0n) is 13.5. The van der Waals surface area contributed by atoms with E-state index in [0.29, 0.717) is 0 Å². The largest absolute Gasteiger partial charge is 0.444 e. The summed E-state index contributed by atoms with van der Waals surface area (Å²) in [5.74, 6) is -0.151.